The van der Waals surface area contributed by atoms with Gasteiger partial charge in [-0.1, -0.05) is 0 Å². The summed E-state index contributed by atoms with van der Waals surface area (Å²) in [5.74, 6) is -2.76. The largest absolute Gasteiger partial charge is 0.490 e. The lowest BCUT2D eigenvalue weighted by molar-refractivity contribution is -0.192. The molecule has 0 spiro atoms. The molecule has 1 aliphatic rings. The van der Waals surface area contributed by atoms with Crippen LogP contribution in [0.5, 0.6) is 0 Å². The van der Waals surface area contributed by atoms with Crippen LogP contribution in [0.1, 0.15) is 6.04 Å². The number of hydrogen-bond acceptors (Lipinski definition) is 3. The molecule has 5 nitrogen and oxygen atoms in total. The van der Waals surface area contributed by atoms with Crippen LogP contribution in [-0.2, 0) is 4.79 Å². The first kappa shape index (κ1) is 14.0. The lowest BCUT2D eigenvalue weighted by atomic mass is 10.2. The predicted molar refractivity (Wildman–Crippen MR) is 55.5 cm³/mol. The first-order chi connectivity index (χ1) is 7.82. The summed E-state index contributed by atoms with van der Waals surface area (Å²) in [4.78, 5) is 8.90. The summed E-state index contributed by atoms with van der Waals surface area (Å²) < 4.78 is 34.8. The highest BCUT2D eigenvalue weighted by atomic mass is 79.9. The molecule has 2 heterocycles. The molecule has 0 aromatic carbocycles. The van der Waals surface area contributed by atoms with Crippen LogP contribution in [0.4, 0.5) is 13.2 Å². The number of halogens is 4. The van der Waals surface area contributed by atoms with E-state index < -0.39 is 12.1 Å². The van der Waals surface area contributed by atoms with Crippen LogP contribution >= 0.6 is 15.9 Å². The quantitative estimate of drug-likeness (QED) is 0.822. The van der Waals surface area contributed by atoms with E-state index in [0.29, 0.717) is 6.04 Å². The second-order valence-corrected chi connectivity index (χ2v) is 4.03. The van der Waals surface area contributed by atoms with Gasteiger partial charge in [0, 0.05) is 13.1 Å². The van der Waals surface area contributed by atoms with Crippen LogP contribution in [0, 0.1) is 0 Å². The highest BCUT2D eigenvalue weighted by Gasteiger charge is 2.38. The molecule has 2 rings (SSSR count). The molecule has 1 aromatic rings. The molecule has 96 valence electrons. The molecule has 1 fully saturated rings. The van der Waals surface area contributed by atoms with E-state index in [2.05, 4.69) is 26.3 Å². The van der Waals surface area contributed by atoms with Gasteiger partial charge in [-0.05, 0) is 22.0 Å². The van der Waals surface area contributed by atoms with Gasteiger partial charge in [0.1, 0.15) is 4.60 Å². The fourth-order valence-corrected chi connectivity index (χ4v) is 1.51. The number of rotatable bonds is 1. The summed E-state index contributed by atoms with van der Waals surface area (Å²) >= 11 is 3.41. The van der Waals surface area contributed by atoms with E-state index >= 15 is 0 Å². The van der Waals surface area contributed by atoms with Gasteiger partial charge in [0.05, 0.1) is 12.2 Å². The molecule has 0 amide bonds. The lowest BCUT2D eigenvalue weighted by Crippen LogP contribution is -2.43. The zero-order valence-electron chi connectivity index (χ0n) is 8.41. The van der Waals surface area contributed by atoms with Crippen LogP contribution in [0.2, 0.25) is 0 Å². The molecule has 0 bridgehead atoms. The minimum absolute atomic E-state index is 0.560. The summed E-state index contributed by atoms with van der Waals surface area (Å²) in [7, 11) is 0. The highest BCUT2D eigenvalue weighted by molar-refractivity contribution is 9.10. The van der Waals surface area contributed by atoms with Gasteiger partial charge in [-0.15, -0.1) is 0 Å². The van der Waals surface area contributed by atoms with E-state index in [9.17, 15) is 13.2 Å². The number of carboxylic acid groups (broad SMARTS) is 1. The number of carbonyl (C=O) groups is 1. The second kappa shape index (κ2) is 5.50. The molecule has 1 aliphatic heterocycles. The van der Waals surface area contributed by atoms with Gasteiger partial charge in [-0.25, -0.2) is 4.79 Å². The van der Waals surface area contributed by atoms with E-state index in [4.69, 9.17) is 9.90 Å². The minimum atomic E-state index is -5.08. The number of aromatic nitrogens is 2. The third-order valence-electron chi connectivity index (χ3n) is 1.97. The predicted octanol–water partition coefficient (Wildman–Crippen LogP) is 1.42. The minimum Gasteiger partial charge on any atom is -0.475 e. The number of aliphatic carboxylic acids is 1. The normalized spacial score (nSPS) is 15.8. The van der Waals surface area contributed by atoms with Crippen molar-refractivity contribution in [2.24, 2.45) is 0 Å². The topological polar surface area (TPSA) is 67.2 Å². The third kappa shape index (κ3) is 4.00. The SMILES string of the molecule is Brc1ccnn1C1CNC1.O=C(O)C(F)(F)F. The van der Waals surface area contributed by atoms with Gasteiger partial charge in [-0.3, -0.25) is 4.68 Å². The molecule has 0 saturated carbocycles. The zero-order valence-corrected chi connectivity index (χ0v) is 9.99. The number of nitrogens with one attached hydrogen (secondary N) is 1. The first-order valence-electron chi connectivity index (χ1n) is 4.52. The Morgan fingerprint density at radius 1 is 1.59 bits per heavy atom. The van der Waals surface area contributed by atoms with Crippen LogP contribution in [0.15, 0.2) is 16.9 Å². The Labute approximate surface area is 103 Å². The van der Waals surface area contributed by atoms with Gasteiger partial charge in [0.15, 0.2) is 0 Å². The molecule has 1 saturated heterocycles. The maximum Gasteiger partial charge on any atom is 0.490 e. The molecule has 1 aromatic heterocycles. The number of alkyl halides is 3. The fraction of sp³-hybridized carbons (Fsp3) is 0.500. The van der Waals surface area contributed by atoms with Crippen molar-refractivity contribution in [3.63, 3.8) is 0 Å². The Morgan fingerprint density at radius 2 is 2.12 bits per heavy atom. The van der Waals surface area contributed by atoms with E-state index in [1.165, 1.54) is 0 Å². The van der Waals surface area contributed by atoms with Crippen molar-refractivity contribution in [3.05, 3.63) is 16.9 Å². The number of nitrogens with zero attached hydrogens (tertiary/aromatic N) is 2. The summed E-state index contributed by atoms with van der Waals surface area (Å²) in [5.41, 5.74) is 0. The molecule has 0 aliphatic carbocycles. The average molecular weight is 316 g/mol. The fourth-order valence-electron chi connectivity index (χ4n) is 1.01. The van der Waals surface area contributed by atoms with Crippen molar-refractivity contribution in [2.75, 3.05) is 13.1 Å². The summed E-state index contributed by atoms with van der Waals surface area (Å²) in [6.45, 7) is 2.08. The maximum atomic E-state index is 10.6. The van der Waals surface area contributed by atoms with Crippen molar-refractivity contribution >= 4 is 21.9 Å². The molecule has 0 unspecified atom stereocenters. The Balaban J connectivity index is 0.000000185. The molecule has 0 radical (unpaired) electrons. The highest BCUT2D eigenvalue weighted by Crippen LogP contribution is 2.17. The smallest absolute Gasteiger partial charge is 0.475 e. The van der Waals surface area contributed by atoms with Gasteiger partial charge in [0.25, 0.3) is 0 Å². The Hall–Kier alpha value is -1.09. The van der Waals surface area contributed by atoms with Crippen LogP contribution in [0.25, 0.3) is 0 Å². The third-order valence-corrected chi connectivity index (χ3v) is 2.60. The van der Waals surface area contributed by atoms with E-state index in [0.717, 1.165) is 17.7 Å². The van der Waals surface area contributed by atoms with E-state index in [1.54, 1.807) is 0 Å². The second-order valence-electron chi connectivity index (χ2n) is 3.21. The monoisotopic (exact) mass is 315 g/mol. The van der Waals surface area contributed by atoms with E-state index in [1.807, 2.05) is 16.9 Å². The molecular formula is C8H9BrF3N3O2. The van der Waals surface area contributed by atoms with Crippen molar-refractivity contribution in [2.45, 2.75) is 12.2 Å². The lowest BCUT2D eigenvalue weighted by Gasteiger charge is -2.27. The Kier molecular flexibility index (Phi) is 4.52. The van der Waals surface area contributed by atoms with Gasteiger partial charge < -0.3 is 10.4 Å². The van der Waals surface area contributed by atoms with Crippen LogP contribution in [0.3, 0.4) is 0 Å². The van der Waals surface area contributed by atoms with Gasteiger partial charge >= 0.3 is 12.1 Å². The molecule has 0 atom stereocenters. The van der Waals surface area contributed by atoms with Crippen LogP contribution in [-0.4, -0.2) is 40.1 Å². The number of hydrogen-bond donors (Lipinski definition) is 2. The summed E-state index contributed by atoms with van der Waals surface area (Å²) in [5, 5.41) is 14.5. The van der Waals surface area contributed by atoms with Crippen molar-refractivity contribution < 1.29 is 23.1 Å². The molecule has 2 N–H and O–H groups in total. The molecular weight excluding hydrogens is 307 g/mol. The van der Waals surface area contributed by atoms with Gasteiger partial charge in [0.2, 0.25) is 0 Å². The number of carboxylic acids is 1. The first-order valence-corrected chi connectivity index (χ1v) is 5.31. The van der Waals surface area contributed by atoms with Crippen LogP contribution < -0.4 is 5.32 Å². The molecule has 17 heavy (non-hydrogen) atoms. The van der Waals surface area contributed by atoms with Crippen molar-refractivity contribution in [1.82, 2.24) is 15.1 Å². The zero-order chi connectivity index (χ0) is 13.1. The summed E-state index contributed by atoms with van der Waals surface area (Å²) in [6.07, 6.45) is -3.28. The van der Waals surface area contributed by atoms with E-state index in [-0.39, 0.29) is 0 Å². The Bertz CT molecular complexity index is 390. The van der Waals surface area contributed by atoms with Gasteiger partial charge in [-0.2, -0.15) is 18.3 Å². The average Bonchev–Trinajstić information content (AvgIpc) is 2.49. The standard InChI is InChI=1S/C6H8BrN3.C2HF3O2/c7-6-1-2-9-10(6)5-3-8-4-5;3-2(4,5)1(6)7/h1-2,5,8H,3-4H2;(H,6,7). The van der Waals surface area contributed by atoms with Crippen molar-refractivity contribution in [3.8, 4) is 0 Å². The maximum absolute atomic E-state index is 10.6. The van der Waals surface area contributed by atoms with Crippen molar-refractivity contribution in [1.29, 1.82) is 0 Å². The summed E-state index contributed by atoms with van der Waals surface area (Å²) in [6, 6.07) is 2.52. The Morgan fingerprint density at radius 3 is 2.35 bits per heavy atom. The molecule has 9 heteroatoms.